The lowest BCUT2D eigenvalue weighted by Gasteiger charge is -2.10. The summed E-state index contributed by atoms with van der Waals surface area (Å²) in [5.41, 5.74) is 3.32. The molecular formula is C25H20O4. The van der Waals surface area contributed by atoms with Gasteiger partial charge in [-0.05, 0) is 66.1 Å². The first-order chi connectivity index (χ1) is 14.0. The molecule has 0 fully saturated rings. The number of esters is 2. The lowest BCUT2D eigenvalue weighted by Crippen LogP contribution is -2.12. The Labute approximate surface area is 169 Å². The molecule has 0 aliphatic rings. The lowest BCUT2D eigenvalue weighted by atomic mass is 10.1. The molecule has 4 heteroatoms. The third kappa shape index (κ3) is 4.87. The molecule has 0 atom stereocenters. The van der Waals surface area contributed by atoms with Crippen LogP contribution in [0.3, 0.4) is 0 Å². The topological polar surface area (TPSA) is 52.6 Å². The minimum absolute atomic E-state index is 0.354. The van der Waals surface area contributed by atoms with Gasteiger partial charge in [-0.25, -0.2) is 9.59 Å². The Morgan fingerprint density at radius 2 is 1.24 bits per heavy atom. The first kappa shape index (κ1) is 19.8. The fourth-order valence-electron chi connectivity index (χ4n) is 2.68. The second-order valence-corrected chi connectivity index (χ2v) is 6.36. The van der Waals surface area contributed by atoms with Crippen LogP contribution in [0.15, 0.2) is 79.9 Å². The molecule has 0 spiro atoms. The fourth-order valence-corrected chi connectivity index (χ4v) is 2.68. The predicted octanol–water partition coefficient (Wildman–Crippen LogP) is 5.72. The smallest absolute Gasteiger partial charge is 0.343 e. The predicted molar refractivity (Wildman–Crippen MR) is 114 cm³/mol. The van der Waals surface area contributed by atoms with Crippen molar-refractivity contribution in [3.63, 3.8) is 0 Å². The third-order valence-electron chi connectivity index (χ3n) is 4.34. The van der Waals surface area contributed by atoms with Gasteiger partial charge in [-0.3, -0.25) is 0 Å². The van der Waals surface area contributed by atoms with Gasteiger partial charge in [0.25, 0.3) is 0 Å². The molecule has 4 nitrogen and oxygen atoms in total. The van der Waals surface area contributed by atoms with Gasteiger partial charge in [-0.1, -0.05) is 49.6 Å². The number of rotatable bonds is 6. The van der Waals surface area contributed by atoms with E-state index in [9.17, 15) is 9.59 Å². The highest BCUT2D eigenvalue weighted by Gasteiger charge is 2.14. The van der Waals surface area contributed by atoms with E-state index in [2.05, 4.69) is 13.2 Å². The van der Waals surface area contributed by atoms with E-state index in [0.717, 1.165) is 11.1 Å². The van der Waals surface area contributed by atoms with E-state index in [1.54, 1.807) is 73.7 Å². The number of carbonyl (C=O) groups excluding carboxylic acids is 2. The van der Waals surface area contributed by atoms with Gasteiger partial charge in [0.2, 0.25) is 0 Å². The molecule has 0 N–H and O–H groups in total. The van der Waals surface area contributed by atoms with Crippen molar-refractivity contribution < 1.29 is 19.1 Å². The molecule has 3 aromatic rings. The van der Waals surface area contributed by atoms with Crippen molar-refractivity contribution in [2.24, 2.45) is 0 Å². The van der Waals surface area contributed by atoms with Crippen molar-refractivity contribution in [3.05, 3.63) is 108 Å². The first-order valence-corrected chi connectivity index (χ1v) is 9.00. The Bertz CT molecular complexity index is 1060. The van der Waals surface area contributed by atoms with E-state index < -0.39 is 11.9 Å². The summed E-state index contributed by atoms with van der Waals surface area (Å²) >= 11 is 0. The van der Waals surface area contributed by atoms with Crippen LogP contribution in [0.1, 0.15) is 37.4 Å². The molecule has 0 heterocycles. The number of aryl methyl sites for hydroxylation is 1. The molecule has 0 aliphatic carbocycles. The van der Waals surface area contributed by atoms with Crippen LogP contribution < -0.4 is 9.47 Å². The lowest BCUT2D eigenvalue weighted by molar-refractivity contribution is 0.0730. The van der Waals surface area contributed by atoms with Crippen LogP contribution >= 0.6 is 0 Å². The van der Waals surface area contributed by atoms with E-state index in [-0.39, 0.29) is 0 Å². The summed E-state index contributed by atoms with van der Waals surface area (Å²) in [5, 5.41) is 0. The van der Waals surface area contributed by atoms with Gasteiger partial charge in [0, 0.05) is 0 Å². The summed E-state index contributed by atoms with van der Waals surface area (Å²) in [6.07, 6.45) is 3.41. The van der Waals surface area contributed by atoms with Crippen LogP contribution in [-0.2, 0) is 0 Å². The van der Waals surface area contributed by atoms with E-state index in [4.69, 9.17) is 9.47 Å². The largest absolute Gasteiger partial charge is 0.423 e. The average molecular weight is 384 g/mol. The highest BCUT2D eigenvalue weighted by molar-refractivity contribution is 5.94. The number of benzene rings is 3. The Morgan fingerprint density at radius 3 is 1.79 bits per heavy atom. The molecule has 29 heavy (non-hydrogen) atoms. The molecule has 0 unspecified atom stereocenters. The summed E-state index contributed by atoms with van der Waals surface area (Å²) in [4.78, 5) is 24.7. The van der Waals surface area contributed by atoms with Crippen molar-refractivity contribution in [2.75, 3.05) is 0 Å². The normalized spacial score (nSPS) is 10.1. The molecule has 0 aliphatic heterocycles. The summed E-state index contributed by atoms with van der Waals surface area (Å²) in [5.74, 6) is -0.157. The van der Waals surface area contributed by atoms with E-state index in [1.807, 2.05) is 12.1 Å². The van der Waals surface area contributed by atoms with Crippen LogP contribution in [0.5, 0.6) is 11.5 Å². The molecule has 0 saturated carbocycles. The number of carbonyl (C=O) groups is 2. The minimum Gasteiger partial charge on any atom is -0.423 e. The van der Waals surface area contributed by atoms with Crippen molar-refractivity contribution >= 4 is 24.1 Å². The van der Waals surface area contributed by atoms with E-state index >= 15 is 0 Å². The zero-order valence-electron chi connectivity index (χ0n) is 16.1. The highest BCUT2D eigenvalue weighted by Crippen LogP contribution is 2.21. The van der Waals surface area contributed by atoms with Crippen LogP contribution in [0.2, 0.25) is 0 Å². The van der Waals surface area contributed by atoms with Crippen LogP contribution in [0, 0.1) is 6.92 Å². The molecule has 0 radical (unpaired) electrons. The van der Waals surface area contributed by atoms with Gasteiger partial charge in [0.1, 0.15) is 11.5 Å². The number of ether oxygens (including phenoxy) is 2. The Hall–Kier alpha value is -3.92. The Morgan fingerprint density at radius 1 is 0.724 bits per heavy atom. The molecule has 0 amide bonds. The highest BCUT2D eigenvalue weighted by atomic mass is 16.5. The van der Waals surface area contributed by atoms with E-state index in [1.165, 1.54) is 0 Å². The number of hydrogen-bond donors (Lipinski definition) is 0. The SMILES string of the molecule is C=Cc1ccc(OC(=O)c2ccc(OC(=O)c3ccc(C=C)cc3)cc2C)cc1. The van der Waals surface area contributed by atoms with Crippen molar-refractivity contribution in [1.29, 1.82) is 0 Å². The quantitative estimate of drug-likeness (QED) is 0.403. The molecule has 0 saturated heterocycles. The van der Waals surface area contributed by atoms with Crippen molar-refractivity contribution in [3.8, 4) is 11.5 Å². The molecule has 3 rings (SSSR count). The molecule has 0 aromatic heterocycles. The minimum atomic E-state index is -0.480. The second-order valence-electron chi connectivity index (χ2n) is 6.36. The Kier molecular flexibility index (Phi) is 6.05. The van der Waals surface area contributed by atoms with Gasteiger partial charge >= 0.3 is 11.9 Å². The van der Waals surface area contributed by atoms with Gasteiger partial charge < -0.3 is 9.47 Å². The van der Waals surface area contributed by atoms with Crippen molar-refractivity contribution in [1.82, 2.24) is 0 Å². The Balaban J connectivity index is 1.69. The van der Waals surface area contributed by atoms with E-state index in [0.29, 0.717) is 28.2 Å². The molecule has 0 bridgehead atoms. The van der Waals surface area contributed by atoms with Crippen LogP contribution in [-0.4, -0.2) is 11.9 Å². The van der Waals surface area contributed by atoms with Crippen LogP contribution in [0.25, 0.3) is 12.2 Å². The van der Waals surface area contributed by atoms with Gasteiger partial charge in [0.05, 0.1) is 11.1 Å². The number of hydrogen-bond acceptors (Lipinski definition) is 4. The maximum atomic E-state index is 12.4. The van der Waals surface area contributed by atoms with Gasteiger partial charge in [-0.15, -0.1) is 0 Å². The average Bonchev–Trinajstić information content (AvgIpc) is 2.74. The molecular weight excluding hydrogens is 364 g/mol. The first-order valence-electron chi connectivity index (χ1n) is 9.00. The zero-order valence-corrected chi connectivity index (χ0v) is 16.1. The second kappa shape index (κ2) is 8.85. The van der Waals surface area contributed by atoms with Gasteiger partial charge in [-0.2, -0.15) is 0 Å². The zero-order chi connectivity index (χ0) is 20.8. The molecule has 3 aromatic carbocycles. The fraction of sp³-hybridized carbons (Fsp3) is 0.0400. The van der Waals surface area contributed by atoms with Crippen molar-refractivity contribution in [2.45, 2.75) is 6.92 Å². The maximum Gasteiger partial charge on any atom is 0.343 e. The van der Waals surface area contributed by atoms with Gasteiger partial charge in [0.15, 0.2) is 0 Å². The summed E-state index contributed by atoms with van der Waals surface area (Å²) in [7, 11) is 0. The summed E-state index contributed by atoms with van der Waals surface area (Å²) in [6.45, 7) is 9.13. The standard InChI is InChI=1S/C25H20O4/c1-4-18-6-10-20(11-7-18)24(26)29-22-14-15-23(17(3)16-22)25(27)28-21-12-8-19(5-2)9-13-21/h4-16H,1-2H2,3H3. The summed E-state index contributed by atoms with van der Waals surface area (Å²) < 4.78 is 10.8. The molecule has 144 valence electrons. The van der Waals surface area contributed by atoms with Crippen LogP contribution in [0.4, 0.5) is 0 Å². The monoisotopic (exact) mass is 384 g/mol. The summed E-state index contributed by atoms with van der Waals surface area (Å²) in [6, 6.07) is 18.7. The maximum absolute atomic E-state index is 12.4. The third-order valence-corrected chi connectivity index (χ3v) is 4.34.